The summed E-state index contributed by atoms with van der Waals surface area (Å²) >= 11 is 11.0. The molecule has 0 spiro atoms. The molecule has 0 aliphatic heterocycles. The second-order valence-electron chi connectivity index (χ2n) is 5.14. The Bertz CT molecular complexity index is 267. The van der Waals surface area contributed by atoms with Crippen molar-refractivity contribution in [3.63, 3.8) is 0 Å². The monoisotopic (exact) mass is 224 g/mol. The van der Waals surface area contributed by atoms with E-state index in [1.807, 2.05) is 0 Å². The molecular formula is C12H16S2. The van der Waals surface area contributed by atoms with Gasteiger partial charge in [-0.25, -0.2) is 0 Å². The first kappa shape index (κ1) is 9.41. The first-order valence-electron chi connectivity index (χ1n) is 5.87. The zero-order valence-electron chi connectivity index (χ0n) is 8.37. The van der Waals surface area contributed by atoms with Crippen LogP contribution in [0.15, 0.2) is 0 Å². The summed E-state index contributed by atoms with van der Waals surface area (Å²) in [5, 5.41) is 0. The van der Waals surface area contributed by atoms with E-state index in [2.05, 4.69) is 0 Å². The van der Waals surface area contributed by atoms with Crippen molar-refractivity contribution >= 4 is 34.2 Å². The van der Waals surface area contributed by atoms with Crippen molar-refractivity contribution in [1.82, 2.24) is 0 Å². The van der Waals surface area contributed by atoms with E-state index in [-0.39, 0.29) is 0 Å². The van der Waals surface area contributed by atoms with Crippen LogP contribution < -0.4 is 0 Å². The van der Waals surface area contributed by atoms with Crippen LogP contribution in [-0.4, -0.2) is 9.73 Å². The smallest absolute Gasteiger partial charge is 0.0328 e. The SMILES string of the molecule is S=C1C(=S)C2CCCC3CCCC1C32. The van der Waals surface area contributed by atoms with Crippen LogP contribution in [-0.2, 0) is 0 Å². The lowest BCUT2D eigenvalue weighted by Crippen LogP contribution is -2.33. The molecule has 3 rings (SSSR count). The standard InChI is InChI=1S/C12H16S2/c13-11-8-5-1-3-7-4-2-6-9(10(7)8)12(11)14/h7-10H,1-6H2. The first-order valence-corrected chi connectivity index (χ1v) is 6.69. The van der Waals surface area contributed by atoms with Gasteiger partial charge in [-0.3, -0.25) is 0 Å². The molecule has 0 radical (unpaired) electrons. The third-order valence-corrected chi connectivity index (χ3v) is 5.74. The molecule has 3 aliphatic rings. The van der Waals surface area contributed by atoms with Crippen molar-refractivity contribution in [3.8, 4) is 0 Å². The molecule has 14 heavy (non-hydrogen) atoms. The molecule has 3 saturated carbocycles. The fourth-order valence-corrected chi connectivity index (χ4v) is 4.88. The fourth-order valence-electron chi connectivity index (χ4n) is 4.03. The predicted molar refractivity (Wildman–Crippen MR) is 66.9 cm³/mol. The third-order valence-electron chi connectivity index (χ3n) is 4.57. The van der Waals surface area contributed by atoms with E-state index in [0.717, 1.165) is 11.8 Å². The fraction of sp³-hybridized carbons (Fsp3) is 0.833. The summed E-state index contributed by atoms with van der Waals surface area (Å²) in [5.41, 5.74) is 0. The summed E-state index contributed by atoms with van der Waals surface area (Å²) in [6, 6.07) is 0. The van der Waals surface area contributed by atoms with Gasteiger partial charge in [-0.05, 0) is 36.5 Å². The van der Waals surface area contributed by atoms with Crippen molar-refractivity contribution in [2.24, 2.45) is 23.7 Å². The van der Waals surface area contributed by atoms with E-state index >= 15 is 0 Å². The van der Waals surface area contributed by atoms with E-state index < -0.39 is 0 Å². The molecule has 0 aromatic carbocycles. The molecule has 0 saturated heterocycles. The molecule has 0 amide bonds. The molecule has 2 atom stereocenters. The molecule has 0 heterocycles. The molecule has 0 bridgehead atoms. The molecule has 0 aromatic rings. The summed E-state index contributed by atoms with van der Waals surface area (Å²) in [5.74, 6) is 3.26. The van der Waals surface area contributed by atoms with Gasteiger partial charge in [-0.2, -0.15) is 0 Å². The maximum atomic E-state index is 5.52. The lowest BCUT2D eigenvalue weighted by Gasteiger charge is -2.40. The summed E-state index contributed by atoms with van der Waals surface area (Å²) < 4.78 is 0. The largest absolute Gasteiger partial charge is 0.0834 e. The molecule has 0 nitrogen and oxygen atoms in total. The topological polar surface area (TPSA) is 0 Å². The van der Waals surface area contributed by atoms with Crippen LogP contribution in [0.3, 0.4) is 0 Å². The number of thiocarbonyl (C=S) groups is 2. The van der Waals surface area contributed by atoms with Crippen molar-refractivity contribution in [1.29, 1.82) is 0 Å². The van der Waals surface area contributed by atoms with E-state index in [4.69, 9.17) is 24.4 Å². The van der Waals surface area contributed by atoms with Gasteiger partial charge in [0.05, 0.1) is 0 Å². The highest BCUT2D eigenvalue weighted by molar-refractivity contribution is 7.89. The summed E-state index contributed by atoms with van der Waals surface area (Å²) in [4.78, 5) is 2.36. The summed E-state index contributed by atoms with van der Waals surface area (Å²) in [6.07, 6.45) is 8.34. The van der Waals surface area contributed by atoms with E-state index in [1.165, 1.54) is 48.3 Å². The van der Waals surface area contributed by atoms with Crippen LogP contribution in [0.2, 0.25) is 0 Å². The summed E-state index contributed by atoms with van der Waals surface area (Å²) in [6.45, 7) is 0. The Morgan fingerprint density at radius 2 is 1.29 bits per heavy atom. The van der Waals surface area contributed by atoms with Gasteiger partial charge in [0.25, 0.3) is 0 Å². The molecule has 0 aromatic heterocycles. The van der Waals surface area contributed by atoms with Gasteiger partial charge in [-0.1, -0.05) is 50.1 Å². The Labute approximate surface area is 96.5 Å². The van der Waals surface area contributed by atoms with Gasteiger partial charge in [0, 0.05) is 9.73 Å². The van der Waals surface area contributed by atoms with Gasteiger partial charge in [-0.15, -0.1) is 0 Å². The number of rotatable bonds is 0. The van der Waals surface area contributed by atoms with Crippen molar-refractivity contribution in [2.75, 3.05) is 0 Å². The Balaban J connectivity index is 1.98. The quantitative estimate of drug-likeness (QED) is 0.577. The second-order valence-corrected chi connectivity index (χ2v) is 6.02. The number of hydrogen-bond acceptors (Lipinski definition) is 2. The Morgan fingerprint density at radius 3 is 1.79 bits per heavy atom. The van der Waals surface area contributed by atoms with Crippen molar-refractivity contribution < 1.29 is 0 Å². The van der Waals surface area contributed by atoms with Gasteiger partial charge in [0.1, 0.15) is 0 Å². The molecule has 3 fully saturated rings. The number of hydrogen-bond donors (Lipinski definition) is 0. The minimum Gasteiger partial charge on any atom is -0.0834 e. The minimum absolute atomic E-state index is 0.710. The molecular weight excluding hydrogens is 208 g/mol. The zero-order valence-corrected chi connectivity index (χ0v) is 10.0. The van der Waals surface area contributed by atoms with Crippen LogP contribution in [0.4, 0.5) is 0 Å². The Kier molecular flexibility index (Phi) is 2.25. The van der Waals surface area contributed by atoms with Crippen molar-refractivity contribution in [2.45, 2.75) is 38.5 Å². The lowest BCUT2D eigenvalue weighted by atomic mass is 9.65. The highest BCUT2D eigenvalue weighted by Crippen LogP contribution is 2.52. The van der Waals surface area contributed by atoms with Crippen LogP contribution >= 0.6 is 24.4 Å². The average Bonchev–Trinajstić information content (AvgIpc) is 2.47. The van der Waals surface area contributed by atoms with Crippen LogP contribution in [0, 0.1) is 23.7 Å². The van der Waals surface area contributed by atoms with E-state index in [1.54, 1.807) is 0 Å². The lowest BCUT2D eigenvalue weighted by molar-refractivity contribution is 0.123. The molecule has 76 valence electrons. The zero-order chi connectivity index (χ0) is 9.71. The first-order chi connectivity index (χ1) is 6.79. The summed E-state index contributed by atoms with van der Waals surface area (Å²) in [7, 11) is 0. The normalized spacial score (nSPS) is 46.6. The molecule has 2 unspecified atom stereocenters. The highest BCUT2D eigenvalue weighted by Gasteiger charge is 2.49. The minimum atomic E-state index is 0.710. The Hall–Kier alpha value is 0.180. The van der Waals surface area contributed by atoms with Gasteiger partial charge in [0.15, 0.2) is 0 Å². The Morgan fingerprint density at radius 1 is 0.786 bits per heavy atom. The van der Waals surface area contributed by atoms with E-state index in [9.17, 15) is 0 Å². The van der Waals surface area contributed by atoms with E-state index in [0.29, 0.717) is 11.8 Å². The van der Waals surface area contributed by atoms with Crippen LogP contribution in [0.5, 0.6) is 0 Å². The van der Waals surface area contributed by atoms with Crippen LogP contribution in [0.25, 0.3) is 0 Å². The predicted octanol–water partition coefficient (Wildman–Crippen LogP) is 3.57. The second kappa shape index (κ2) is 3.34. The van der Waals surface area contributed by atoms with Crippen molar-refractivity contribution in [3.05, 3.63) is 0 Å². The molecule has 0 N–H and O–H groups in total. The molecule has 3 aliphatic carbocycles. The highest BCUT2D eigenvalue weighted by atomic mass is 32.1. The maximum absolute atomic E-state index is 5.52. The van der Waals surface area contributed by atoms with Gasteiger partial charge < -0.3 is 0 Å². The van der Waals surface area contributed by atoms with Gasteiger partial charge >= 0.3 is 0 Å². The van der Waals surface area contributed by atoms with Gasteiger partial charge in [0.2, 0.25) is 0 Å². The maximum Gasteiger partial charge on any atom is 0.0328 e. The third kappa shape index (κ3) is 1.16. The molecule has 2 heteroatoms. The average molecular weight is 224 g/mol. The van der Waals surface area contributed by atoms with Crippen LogP contribution in [0.1, 0.15) is 38.5 Å².